The summed E-state index contributed by atoms with van der Waals surface area (Å²) in [5.41, 5.74) is 2.24. The van der Waals surface area contributed by atoms with Crippen molar-refractivity contribution >= 4 is 27.5 Å². The Hall–Kier alpha value is -3.14. The SMILES string of the molecule is CCNCC.CCOc1ncccc1-c1cc(C(=O)NS(C)(=O)=O)ccc1Oc1ccc(CC)c(Cl)c1. The number of nitrogens with one attached hydrogen (secondary N) is 2. The fourth-order valence-electron chi connectivity index (χ4n) is 3.30. The number of carbonyl (C=O) groups is 1. The molecule has 0 saturated heterocycles. The zero-order valence-electron chi connectivity index (χ0n) is 21.8. The number of halogens is 1. The number of nitrogens with zero attached hydrogens (tertiary/aromatic N) is 1. The van der Waals surface area contributed by atoms with Crippen LogP contribution in [-0.2, 0) is 16.4 Å². The average molecular weight is 548 g/mol. The first-order valence-corrected chi connectivity index (χ1v) is 14.3. The molecule has 0 aliphatic carbocycles. The van der Waals surface area contributed by atoms with Gasteiger partial charge < -0.3 is 14.8 Å². The fraction of sp³-hybridized carbons (Fsp3) is 0.333. The number of hydrogen-bond acceptors (Lipinski definition) is 7. The van der Waals surface area contributed by atoms with Crippen LogP contribution in [0.1, 0.15) is 43.6 Å². The third-order valence-electron chi connectivity index (χ3n) is 5.00. The molecule has 200 valence electrons. The van der Waals surface area contributed by atoms with E-state index >= 15 is 0 Å². The first kappa shape index (κ1) is 30.1. The van der Waals surface area contributed by atoms with Crippen molar-refractivity contribution < 1.29 is 22.7 Å². The van der Waals surface area contributed by atoms with Crippen molar-refractivity contribution in [3.05, 3.63) is 70.9 Å². The molecule has 0 unspecified atom stereocenters. The highest BCUT2D eigenvalue weighted by molar-refractivity contribution is 7.89. The van der Waals surface area contributed by atoms with Gasteiger partial charge in [-0.15, -0.1) is 0 Å². The molecule has 1 amide bonds. The van der Waals surface area contributed by atoms with E-state index in [-0.39, 0.29) is 5.56 Å². The summed E-state index contributed by atoms with van der Waals surface area (Å²) in [6.07, 6.45) is 3.31. The third-order valence-corrected chi connectivity index (χ3v) is 5.90. The molecule has 3 rings (SSSR count). The van der Waals surface area contributed by atoms with Crippen LogP contribution in [-0.4, -0.2) is 45.3 Å². The van der Waals surface area contributed by atoms with Crippen molar-refractivity contribution in [1.29, 1.82) is 0 Å². The predicted molar refractivity (Wildman–Crippen MR) is 148 cm³/mol. The van der Waals surface area contributed by atoms with Gasteiger partial charge in [-0.2, -0.15) is 0 Å². The third kappa shape index (κ3) is 9.35. The van der Waals surface area contributed by atoms with E-state index in [1.165, 1.54) is 12.1 Å². The molecule has 0 saturated carbocycles. The quantitative estimate of drug-likeness (QED) is 0.347. The lowest BCUT2D eigenvalue weighted by molar-refractivity contribution is 0.0981. The number of amides is 1. The van der Waals surface area contributed by atoms with Gasteiger partial charge in [0, 0.05) is 27.9 Å². The summed E-state index contributed by atoms with van der Waals surface area (Å²) in [6, 6.07) is 13.6. The fourth-order valence-corrected chi connectivity index (χ4v) is 4.06. The van der Waals surface area contributed by atoms with Crippen LogP contribution in [0.2, 0.25) is 5.02 Å². The summed E-state index contributed by atoms with van der Waals surface area (Å²) >= 11 is 6.33. The summed E-state index contributed by atoms with van der Waals surface area (Å²) in [4.78, 5) is 16.7. The van der Waals surface area contributed by atoms with E-state index < -0.39 is 15.9 Å². The molecule has 37 heavy (non-hydrogen) atoms. The minimum atomic E-state index is -3.72. The topological polar surface area (TPSA) is 107 Å². The van der Waals surface area contributed by atoms with Gasteiger partial charge in [-0.05, 0) is 74.5 Å². The Bertz CT molecular complexity index is 1300. The van der Waals surface area contributed by atoms with Gasteiger partial charge in [0.25, 0.3) is 5.91 Å². The maximum atomic E-state index is 12.4. The Labute approximate surface area is 224 Å². The normalized spacial score (nSPS) is 10.8. The highest BCUT2D eigenvalue weighted by Crippen LogP contribution is 2.39. The molecule has 0 bridgehead atoms. The standard InChI is InChI=1S/C23H23ClN2O5S.C4H11N/c1-4-15-8-10-17(14-20(15)24)31-21-11-9-16(22(27)26-32(3,28)29)13-19(21)18-7-6-12-25-23(18)30-5-2;1-3-5-4-2/h6-14H,4-5H2,1-3H3,(H,26,27);5H,3-4H2,1-2H3. The predicted octanol–water partition coefficient (Wildman–Crippen LogP) is 5.46. The molecule has 8 nitrogen and oxygen atoms in total. The van der Waals surface area contributed by atoms with Gasteiger partial charge in [-0.3, -0.25) is 4.79 Å². The minimum absolute atomic E-state index is 0.142. The number of sulfonamides is 1. The molecular weight excluding hydrogens is 514 g/mol. The Kier molecular flexibility index (Phi) is 11.8. The maximum Gasteiger partial charge on any atom is 0.264 e. The number of aromatic nitrogens is 1. The van der Waals surface area contributed by atoms with Gasteiger partial charge in [0.2, 0.25) is 15.9 Å². The lowest BCUT2D eigenvalue weighted by atomic mass is 10.0. The Balaban J connectivity index is 0.000000877. The van der Waals surface area contributed by atoms with Gasteiger partial charge in [0.15, 0.2) is 0 Å². The van der Waals surface area contributed by atoms with E-state index in [1.54, 1.807) is 30.5 Å². The first-order valence-electron chi connectivity index (χ1n) is 12.0. The summed E-state index contributed by atoms with van der Waals surface area (Å²) in [5, 5.41) is 3.70. The van der Waals surface area contributed by atoms with Crippen LogP contribution in [0.4, 0.5) is 0 Å². The minimum Gasteiger partial charge on any atom is -0.478 e. The molecule has 2 aromatic carbocycles. The largest absolute Gasteiger partial charge is 0.478 e. The van der Waals surface area contributed by atoms with Crippen molar-refractivity contribution in [2.75, 3.05) is 26.0 Å². The van der Waals surface area contributed by atoms with Gasteiger partial charge in [0.1, 0.15) is 11.5 Å². The van der Waals surface area contributed by atoms with Gasteiger partial charge >= 0.3 is 0 Å². The summed E-state index contributed by atoms with van der Waals surface area (Å²) in [6.45, 7) is 10.6. The highest BCUT2D eigenvalue weighted by Gasteiger charge is 2.18. The van der Waals surface area contributed by atoms with Crippen molar-refractivity contribution in [3.63, 3.8) is 0 Å². The van der Waals surface area contributed by atoms with Crippen LogP contribution in [0, 0.1) is 0 Å². The summed E-state index contributed by atoms with van der Waals surface area (Å²) in [5.74, 6) is 0.552. The highest BCUT2D eigenvalue weighted by atomic mass is 35.5. The monoisotopic (exact) mass is 547 g/mol. The Morgan fingerprint density at radius 3 is 2.30 bits per heavy atom. The second kappa shape index (κ2) is 14.6. The Morgan fingerprint density at radius 2 is 1.73 bits per heavy atom. The lowest BCUT2D eigenvalue weighted by Crippen LogP contribution is -2.29. The number of hydrogen-bond donors (Lipinski definition) is 2. The van der Waals surface area contributed by atoms with Crippen LogP contribution in [0.5, 0.6) is 17.4 Å². The van der Waals surface area contributed by atoms with Crippen LogP contribution in [0.3, 0.4) is 0 Å². The molecule has 1 heterocycles. The number of aryl methyl sites for hydroxylation is 1. The molecule has 1 aromatic heterocycles. The maximum absolute atomic E-state index is 12.4. The van der Waals surface area contributed by atoms with Crippen molar-refractivity contribution in [1.82, 2.24) is 15.0 Å². The van der Waals surface area contributed by atoms with Crippen LogP contribution >= 0.6 is 11.6 Å². The summed E-state index contributed by atoms with van der Waals surface area (Å²) in [7, 11) is -3.72. The molecule has 0 aliphatic heterocycles. The molecule has 0 radical (unpaired) electrons. The van der Waals surface area contributed by atoms with E-state index in [1.807, 2.05) is 30.7 Å². The molecule has 0 fully saturated rings. The molecule has 0 atom stereocenters. The second-order valence-corrected chi connectivity index (χ2v) is 10.0. The van der Waals surface area contributed by atoms with Gasteiger partial charge in [-0.25, -0.2) is 18.1 Å². The Morgan fingerprint density at radius 1 is 1.00 bits per heavy atom. The van der Waals surface area contributed by atoms with E-state index in [2.05, 4.69) is 24.1 Å². The van der Waals surface area contributed by atoms with E-state index in [0.29, 0.717) is 40.1 Å². The lowest BCUT2D eigenvalue weighted by Gasteiger charge is -2.16. The number of benzene rings is 2. The van der Waals surface area contributed by atoms with Crippen molar-refractivity contribution in [2.24, 2.45) is 0 Å². The number of rotatable bonds is 10. The first-order chi connectivity index (χ1) is 17.6. The van der Waals surface area contributed by atoms with Crippen LogP contribution in [0.25, 0.3) is 11.1 Å². The molecule has 0 aliphatic rings. The zero-order valence-corrected chi connectivity index (χ0v) is 23.4. The smallest absolute Gasteiger partial charge is 0.264 e. The second-order valence-electron chi connectivity index (χ2n) is 7.87. The molecule has 10 heteroatoms. The van der Waals surface area contributed by atoms with Crippen molar-refractivity contribution in [2.45, 2.75) is 34.1 Å². The molecule has 0 spiro atoms. The van der Waals surface area contributed by atoms with Crippen LogP contribution < -0.4 is 19.5 Å². The average Bonchev–Trinajstić information content (AvgIpc) is 2.85. The van der Waals surface area contributed by atoms with E-state index in [0.717, 1.165) is 31.3 Å². The summed E-state index contributed by atoms with van der Waals surface area (Å²) < 4.78 is 36.7. The number of ether oxygens (including phenoxy) is 2. The zero-order chi connectivity index (χ0) is 27.4. The molecule has 3 aromatic rings. The number of carbonyl (C=O) groups excluding carboxylic acids is 1. The van der Waals surface area contributed by atoms with Crippen molar-refractivity contribution in [3.8, 4) is 28.5 Å². The number of pyridine rings is 1. The van der Waals surface area contributed by atoms with Gasteiger partial charge in [-0.1, -0.05) is 38.4 Å². The van der Waals surface area contributed by atoms with Gasteiger partial charge in [0.05, 0.1) is 12.9 Å². The molecular formula is C27H34ClN3O5S. The van der Waals surface area contributed by atoms with E-state index in [9.17, 15) is 13.2 Å². The molecule has 2 N–H and O–H groups in total. The van der Waals surface area contributed by atoms with Crippen LogP contribution in [0.15, 0.2) is 54.7 Å². The van der Waals surface area contributed by atoms with E-state index in [4.69, 9.17) is 21.1 Å².